The summed E-state index contributed by atoms with van der Waals surface area (Å²) in [6.07, 6.45) is 0.316. The molecule has 40 heavy (non-hydrogen) atoms. The monoisotopic (exact) mass is 603 g/mol. The van der Waals surface area contributed by atoms with Crippen LogP contribution in [0.1, 0.15) is 38.3 Å². The second-order valence-electron chi connectivity index (χ2n) is 9.95. The molecule has 0 aromatic heterocycles. The Balaban J connectivity index is 2.07. The first kappa shape index (κ1) is 31.5. The fraction of sp³-hybridized carbons (Fsp3) is 0.333. The summed E-state index contributed by atoms with van der Waals surface area (Å²) in [5.74, 6) is -0.672. The van der Waals surface area contributed by atoms with Gasteiger partial charge in [0.05, 0.1) is 15.6 Å². The third-order valence-electron chi connectivity index (χ3n) is 6.38. The Kier molecular flexibility index (Phi) is 11.0. The summed E-state index contributed by atoms with van der Waals surface area (Å²) in [6, 6.07) is 19.0. The molecule has 0 fully saturated rings. The van der Waals surface area contributed by atoms with Gasteiger partial charge in [0.15, 0.2) is 0 Å². The second-order valence-corrected chi connectivity index (χ2v) is 12.6. The van der Waals surface area contributed by atoms with E-state index in [1.165, 1.54) is 17.0 Å². The minimum atomic E-state index is -4.20. The van der Waals surface area contributed by atoms with Crippen molar-refractivity contribution < 1.29 is 18.0 Å². The first-order chi connectivity index (χ1) is 18.9. The zero-order chi connectivity index (χ0) is 29.4. The van der Waals surface area contributed by atoms with Crippen molar-refractivity contribution in [2.75, 3.05) is 17.4 Å². The van der Waals surface area contributed by atoms with Crippen molar-refractivity contribution in [3.63, 3.8) is 0 Å². The van der Waals surface area contributed by atoms with Crippen LogP contribution in [0.25, 0.3) is 0 Å². The number of halogens is 2. The maximum Gasteiger partial charge on any atom is 0.264 e. The minimum absolute atomic E-state index is 0.0187. The highest BCUT2D eigenvalue weighted by molar-refractivity contribution is 7.92. The van der Waals surface area contributed by atoms with Crippen LogP contribution in [0.3, 0.4) is 0 Å². The van der Waals surface area contributed by atoms with E-state index in [1.54, 1.807) is 67.6 Å². The molecular formula is C30H35Cl2N3O4S. The lowest BCUT2D eigenvalue weighted by Crippen LogP contribution is -2.52. The minimum Gasteiger partial charge on any atom is -0.354 e. The van der Waals surface area contributed by atoms with Crippen molar-refractivity contribution in [3.05, 3.63) is 94.0 Å². The van der Waals surface area contributed by atoms with Crippen molar-refractivity contribution in [3.8, 4) is 0 Å². The van der Waals surface area contributed by atoms with Gasteiger partial charge in [0.2, 0.25) is 11.8 Å². The van der Waals surface area contributed by atoms with Gasteiger partial charge in [-0.3, -0.25) is 13.9 Å². The van der Waals surface area contributed by atoms with Gasteiger partial charge < -0.3 is 10.2 Å². The molecule has 1 atom stereocenters. The topological polar surface area (TPSA) is 86.8 Å². The number of hydrogen-bond acceptors (Lipinski definition) is 4. The van der Waals surface area contributed by atoms with Gasteiger partial charge in [-0.05, 0) is 55.2 Å². The van der Waals surface area contributed by atoms with Gasteiger partial charge in [-0.1, -0.05) is 92.0 Å². The molecule has 0 aliphatic heterocycles. The molecule has 0 saturated carbocycles. The second kappa shape index (κ2) is 14.0. The normalized spacial score (nSPS) is 12.2. The molecule has 3 aromatic carbocycles. The zero-order valence-corrected chi connectivity index (χ0v) is 25.4. The van der Waals surface area contributed by atoms with E-state index >= 15 is 0 Å². The summed E-state index contributed by atoms with van der Waals surface area (Å²) in [7, 11) is -4.20. The highest BCUT2D eigenvalue weighted by atomic mass is 35.5. The van der Waals surface area contributed by atoms with Crippen molar-refractivity contribution in [2.45, 2.75) is 51.6 Å². The Morgan fingerprint density at radius 1 is 0.900 bits per heavy atom. The summed E-state index contributed by atoms with van der Waals surface area (Å²) in [5.41, 5.74) is 1.69. The number of nitrogens with one attached hydrogen (secondary N) is 1. The number of rotatable bonds is 12. The van der Waals surface area contributed by atoms with Gasteiger partial charge in [-0.2, -0.15) is 0 Å². The summed E-state index contributed by atoms with van der Waals surface area (Å²) >= 11 is 12.9. The van der Waals surface area contributed by atoms with Crippen LogP contribution in [0.4, 0.5) is 5.69 Å². The van der Waals surface area contributed by atoms with Gasteiger partial charge in [0.25, 0.3) is 10.0 Å². The van der Waals surface area contributed by atoms with Gasteiger partial charge >= 0.3 is 0 Å². The smallest absolute Gasteiger partial charge is 0.264 e. The van der Waals surface area contributed by atoms with E-state index in [0.29, 0.717) is 23.6 Å². The zero-order valence-electron chi connectivity index (χ0n) is 23.1. The SMILES string of the molecule is CC[C@@H](C(=O)NCC(C)C)N(Cc1ccccc1Cl)C(=O)CN(c1ccccc1Cl)S(=O)(=O)c1ccc(C)cc1. The number of benzene rings is 3. The number of amides is 2. The molecule has 0 bridgehead atoms. The number of para-hydroxylation sites is 1. The Morgan fingerprint density at radius 3 is 2.08 bits per heavy atom. The average Bonchev–Trinajstić information content (AvgIpc) is 2.92. The van der Waals surface area contributed by atoms with Crippen LogP contribution in [0, 0.1) is 12.8 Å². The molecule has 3 aromatic rings. The van der Waals surface area contributed by atoms with E-state index in [0.717, 1.165) is 9.87 Å². The number of anilines is 1. The molecule has 0 radical (unpaired) electrons. The molecule has 0 heterocycles. The number of nitrogens with zero attached hydrogens (tertiary/aromatic N) is 2. The van der Waals surface area contributed by atoms with Crippen molar-refractivity contribution >= 4 is 50.7 Å². The van der Waals surface area contributed by atoms with E-state index in [4.69, 9.17) is 23.2 Å². The third-order valence-corrected chi connectivity index (χ3v) is 8.84. The molecule has 0 aliphatic carbocycles. The van der Waals surface area contributed by atoms with Crippen LogP contribution in [0.5, 0.6) is 0 Å². The highest BCUT2D eigenvalue weighted by Gasteiger charge is 2.34. The molecular weight excluding hydrogens is 569 g/mol. The highest BCUT2D eigenvalue weighted by Crippen LogP contribution is 2.31. The number of aryl methyl sites for hydroxylation is 1. The van der Waals surface area contributed by atoms with Gasteiger partial charge in [0, 0.05) is 18.1 Å². The molecule has 0 saturated heterocycles. The van der Waals surface area contributed by atoms with Crippen molar-refractivity contribution in [1.29, 1.82) is 0 Å². The first-order valence-corrected chi connectivity index (χ1v) is 15.3. The fourth-order valence-corrected chi connectivity index (χ4v) is 6.07. The largest absolute Gasteiger partial charge is 0.354 e. The number of sulfonamides is 1. The van der Waals surface area contributed by atoms with Crippen molar-refractivity contribution in [2.24, 2.45) is 5.92 Å². The van der Waals surface area contributed by atoms with Gasteiger partial charge in [-0.25, -0.2) is 8.42 Å². The Hall–Kier alpha value is -3.07. The molecule has 3 rings (SSSR count). The van der Waals surface area contributed by atoms with E-state index in [1.807, 2.05) is 20.8 Å². The molecule has 1 N–H and O–H groups in total. The maximum atomic E-state index is 14.1. The summed E-state index contributed by atoms with van der Waals surface area (Å²) in [6.45, 7) is 7.51. The lowest BCUT2D eigenvalue weighted by Gasteiger charge is -2.33. The van der Waals surface area contributed by atoms with E-state index in [-0.39, 0.29) is 34.0 Å². The molecule has 0 aliphatic rings. The molecule has 10 heteroatoms. The summed E-state index contributed by atoms with van der Waals surface area (Å²) in [5, 5.41) is 3.52. The van der Waals surface area contributed by atoms with Crippen LogP contribution < -0.4 is 9.62 Å². The van der Waals surface area contributed by atoms with E-state index in [9.17, 15) is 18.0 Å². The molecule has 214 valence electrons. The average molecular weight is 605 g/mol. The number of hydrogen-bond donors (Lipinski definition) is 1. The van der Waals surface area contributed by atoms with Crippen LogP contribution in [-0.2, 0) is 26.2 Å². The lowest BCUT2D eigenvalue weighted by atomic mass is 10.1. The number of carbonyl (C=O) groups is 2. The van der Waals surface area contributed by atoms with Crippen LogP contribution in [0.2, 0.25) is 10.0 Å². The van der Waals surface area contributed by atoms with Crippen LogP contribution in [-0.4, -0.2) is 44.3 Å². The quantitative estimate of drug-likeness (QED) is 0.272. The maximum absolute atomic E-state index is 14.1. The Morgan fingerprint density at radius 2 is 1.50 bits per heavy atom. The van der Waals surface area contributed by atoms with E-state index < -0.39 is 28.5 Å². The van der Waals surface area contributed by atoms with Gasteiger partial charge in [-0.15, -0.1) is 0 Å². The summed E-state index contributed by atoms with van der Waals surface area (Å²) < 4.78 is 28.8. The lowest BCUT2D eigenvalue weighted by molar-refractivity contribution is -0.140. The predicted octanol–water partition coefficient (Wildman–Crippen LogP) is 6.08. The Labute approximate surface area is 247 Å². The fourth-order valence-electron chi connectivity index (χ4n) is 4.16. The third kappa shape index (κ3) is 7.77. The van der Waals surface area contributed by atoms with Crippen molar-refractivity contribution in [1.82, 2.24) is 10.2 Å². The first-order valence-electron chi connectivity index (χ1n) is 13.1. The molecule has 7 nitrogen and oxygen atoms in total. The Bertz CT molecular complexity index is 1430. The van der Waals surface area contributed by atoms with Crippen LogP contribution >= 0.6 is 23.2 Å². The van der Waals surface area contributed by atoms with E-state index in [2.05, 4.69) is 5.32 Å². The standard InChI is InChI=1S/C30H35Cl2N3O4S/c1-5-27(30(37)33-18-21(2)3)34(19-23-10-6-7-11-25(23)31)29(36)20-35(28-13-9-8-12-26(28)32)40(38,39)24-16-14-22(4)15-17-24/h6-17,21,27H,5,18-20H2,1-4H3,(H,33,37)/t27-/m0/s1. The summed E-state index contributed by atoms with van der Waals surface area (Å²) in [4.78, 5) is 28.8. The van der Waals surface area contributed by atoms with Crippen LogP contribution in [0.15, 0.2) is 77.7 Å². The molecule has 0 unspecified atom stereocenters. The molecule has 2 amide bonds. The number of carbonyl (C=O) groups excluding carboxylic acids is 2. The van der Waals surface area contributed by atoms with Gasteiger partial charge in [0.1, 0.15) is 12.6 Å². The molecule has 0 spiro atoms. The predicted molar refractivity (Wildman–Crippen MR) is 161 cm³/mol.